The molecule has 0 aliphatic rings. The molecule has 0 radical (unpaired) electrons. The standard InChI is InChI=1S/C11H14N2S/c1-3-7-13-14-11-6-4-5-10(8-11)9(2)12/h1,4-6,8-9,13H,7,12H2,2H3. The van der Waals surface area contributed by atoms with E-state index < -0.39 is 0 Å². The maximum atomic E-state index is 5.78. The van der Waals surface area contributed by atoms with Crippen LogP contribution in [-0.2, 0) is 0 Å². The summed E-state index contributed by atoms with van der Waals surface area (Å²) in [5, 5.41) is 0. The molecule has 2 nitrogen and oxygen atoms in total. The lowest BCUT2D eigenvalue weighted by molar-refractivity contribution is 0.814. The minimum atomic E-state index is 0.0724. The van der Waals surface area contributed by atoms with Crippen LogP contribution in [0.15, 0.2) is 29.2 Å². The van der Waals surface area contributed by atoms with Gasteiger partial charge in [-0.3, -0.25) is 0 Å². The van der Waals surface area contributed by atoms with Crippen LogP contribution >= 0.6 is 11.9 Å². The second-order valence-corrected chi connectivity index (χ2v) is 3.95. The van der Waals surface area contributed by atoms with Crippen LogP contribution in [0.5, 0.6) is 0 Å². The molecule has 0 saturated carbocycles. The van der Waals surface area contributed by atoms with Gasteiger partial charge in [0.15, 0.2) is 0 Å². The first kappa shape index (κ1) is 11.1. The Morgan fingerprint density at radius 3 is 3.07 bits per heavy atom. The highest BCUT2D eigenvalue weighted by Gasteiger charge is 2.00. The Balaban J connectivity index is 2.60. The summed E-state index contributed by atoms with van der Waals surface area (Å²) in [6.07, 6.45) is 5.12. The van der Waals surface area contributed by atoms with Crippen molar-refractivity contribution in [3.63, 3.8) is 0 Å². The predicted molar refractivity (Wildman–Crippen MR) is 61.7 cm³/mol. The van der Waals surface area contributed by atoms with Gasteiger partial charge in [-0.15, -0.1) is 6.42 Å². The van der Waals surface area contributed by atoms with E-state index in [9.17, 15) is 0 Å². The summed E-state index contributed by atoms with van der Waals surface area (Å²) >= 11 is 1.53. The second kappa shape index (κ2) is 5.71. The highest BCUT2D eigenvalue weighted by molar-refractivity contribution is 7.97. The van der Waals surface area contributed by atoms with Crippen LogP contribution in [0.4, 0.5) is 0 Å². The molecule has 0 aliphatic carbocycles. The van der Waals surface area contributed by atoms with Crippen LogP contribution in [-0.4, -0.2) is 6.54 Å². The number of nitrogens with one attached hydrogen (secondary N) is 1. The molecule has 1 atom stereocenters. The molecule has 1 aromatic carbocycles. The van der Waals surface area contributed by atoms with Crippen LogP contribution in [0.2, 0.25) is 0 Å². The van der Waals surface area contributed by atoms with E-state index in [0.717, 1.165) is 10.5 Å². The van der Waals surface area contributed by atoms with Crippen LogP contribution < -0.4 is 10.5 Å². The molecule has 0 amide bonds. The van der Waals surface area contributed by atoms with E-state index in [1.54, 1.807) is 0 Å². The van der Waals surface area contributed by atoms with Gasteiger partial charge in [-0.1, -0.05) is 18.1 Å². The van der Waals surface area contributed by atoms with Crippen molar-refractivity contribution in [2.75, 3.05) is 6.54 Å². The number of rotatable bonds is 4. The highest BCUT2D eigenvalue weighted by Crippen LogP contribution is 2.18. The summed E-state index contributed by atoms with van der Waals surface area (Å²) in [5.41, 5.74) is 6.91. The molecular formula is C11H14N2S. The summed E-state index contributed by atoms with van der Waals surface area (Å²) in [7, 11) is 0. The number of hydrogen-bond acceptors (Lipinski definition) is 3. The van der Waals surface area contributed by atoms with E-state index in [2.05, 4.69) is 16.7 Å². The lowest BCUT2D eigenvalue weighted by Gasteiger charge is -2.07. The Kier molecular flexibility index (Phi) is 4.54. The quantitative estimate of drug-likeness (QED) is 0.449. The zero-order valence-corrected chi connectivity index (χ0v) is 8.97. The third-order valence-corrected chi connectivity index (χ3v) is 2.53. The average Bonchev–Trinajstić information content (AvgIpc) is 2.19. The van der Waals surface area contributed by atoms with Crippen LogP contribution in [0.1, 0.15) is 18.5 Å². The minimum Gasteiger partial charge on any atom is -0.324 e. The molecule has 1 aromatic rings. The summed E-state index contributed by atoms with van der Waals surface area (Å²) in [6, 6.07) is 8.19. The van der Waals surface area contributed by atoms with Crippen molar-refractivity contribution in [1.29, 1.82) is 0 Å². The molecule has 0 heterocycles. The molecule has 0 aromatic heterocycles. The van der Waals surface area contributed by atoms with Crippen molar-refractivity contribution in [1.82, 2.24) is 4.72 Å². The fraction of sp³-hybridized carbons (Fsp3) is 0.273. The summed E-state index contributed by atoms with van der Waals surface area (Å²) in [4.78, 5) is 1.13. The van der Waals surface area contributed by atoms with Crippen LogP contribution in [0.3, 0.4) is 0 Å². The number of hydrogen-bond donors (Lipinski definition) is 2. The molecule has 3 N–H and O–H groups in total. The van der Waals surface area contributed by atoms with E-state index in [4.69, 9.17) is 12.2 Å². The molecule has 0 fully saturated rings. The molecule has 1 rings (SSSR count). The van der Waals surface area contributed by atoms with E-state index in [0.29, 0.717) is 6.54 Å². The maximum absolute atomic E-state index is 5.78. The smallest absolute Gasteiger partial charge is 0.0672 e. The minimum absolute atomic E-state index is 0.0724. The Hall–Kier alpha value is -0.950. The van der Waals surface area contributed by atoms with Gasteiger partial charge in [0.25, 0.3) is 0 Å². The predicted octanol–water partition coefficient (Wildman–Crippen LogP) is 1.94. The Morgan fingerprint density at radius 1 is 1.64 bits per heavy atom. The second-order valence-electron chi connectivity index (χ2n) is 2.99. The molecule has 0 bridgehead atoms. The highest BCUT2D eigenvalue weighted by atomic mass is 32.2. The molecule has 14 heavy (non-hydrogen) atoms. The fourth-order valence-corrected chi connectivity index (χ4v) is 1.69. The van der Waals surface area contributed by atoms with Crippen molar-refractivity contribution in [3.8, 4) is 12.3 Å². The fourth-order valence-electron chi connectivity index (χ4n) is 1.02. The van der Waals surface area contributed by atoms with Gasteiger partial charge in [0.2, 0.25) is 0 Å². The molecule has 0 aliphatic heterocycles. The van der Waals surface area contributed by atoms with Gasteiger partial charge in [0, 0.05) is 10.9 Å². The van der Waals surface area contributed by atoms with Crippen molar-refractivity contribution in [2.45, 2.75) is 17.9 Å². The van der Waals surface area contributed by atoms with E-state index in [1.807, 2.05) is 25.1 Å². The number of terminal acetylenes is 1. The Morgan fingerprint density at radius 2 is 2.43 bits per heavy atom. The Labute approximate surface area is 89.4 Å². The van der Waals surface area contributed by atoms with Gasteiger partial charge in [-0.05, 0) is 36.6 Å². The molecule has 1 unspecified atom stereocenters. The van der Waals surface area contributed by atoms with Gasteiger partial charge < -0.3 is 5.73 Å². The van der Waals surface area contributed by atoms with Crippen molar-refractivity contribution in [3.05, 3.63) is 29.8 Å². The van der Waals surface area contributed by atoms with Crippen LogP contribution in [0, 0.1) is 12.3 Å². The topological polar surface area (TPSA) is 38.0 Å². The van der Waals surface area contributed by atoms with Gasteiger partial charge in [0.05, 0.1) is 6.54 Å². The normalized spacial score (nSPS) is 12.1. The third kappa shape index (κ3) is 3.43. The average molecular weight is 206 g/mol. The molecule has 0 spiro atoms. The van der Waals surface area contributed by atoms with Crippen LogP contribution in [0.25, 0.3) is 0 Å². The monoisotopic (exact) mass is 206 g/mol. The van der Waals surface area contributed by atoms with E-state index in [1.165, 1.54) is 11.9 Å². The number of benzene rings is 1. The van der Waals surface area contributed by atoms with Crippen molar-refractivity contribution in [2.24, 2.45) is 5.73 Å². The Bertz CT molecular complexity index is 328. The summed E-state index contributed by atoms with van der Waals surface area (Å²) in [5.74, 6) is 2.52. The summed E-state index contributed by atoms with van der Waals surface area (Å²) < 4.78 is 3.06. The van der Waals surface area contributed by atoms with Gasteiger partial charge in [-0.2, -0.15) is 0 Å². The molecule has 74 valence electrons. The lowest BCUT2D eigenvalue weighted by Crippen LogP contribution is -2.06. The number of nitrogens with two attached hydrogens (primary N) is 1. The largest absolute Gasteiger partial charge is 0.324 e. The summed E-state index contributed by atoms with van der Waals surface area (Å²) in [6.45, 7) is 2.53. The van der Waals surface area contributed by atoms with Crippen molar-refractivity contribution >= 4 is 11.9 Å². The zero-order valence-electron chi connectivity index (χ0n) is 8.16. The zero-order chi connectivity index (χ0) is 10.4. The van der Waals surface area contributed by atoms with Gasteiger partial charge in [0.1, 0.15) is 0 Å². The SMILES string of the molecule is C#CCNSc1cccc(C(C)N)c1. The molecule has 3 heteroatoms. The van der Waals surface area contributed by atoms with Gasteiger partial charge in [-0.25, -0.2) is 4.72 Å². The van der Waals surface area contributed by atoms with Gasteiger partial charge >= 0.3 is 0 Å². The van der Waals surface area contributed by atoms with E-state index >= 15 is 0 Å². The molecule has 0 saturated heterocycles. The first-order valence-electron chi connectivity index (χ1n) is 4.42. The third-order valence-electron chi connectivity index (χ3n) is 1.75. The first-order chi connectivity index (χ1) is 6.74. The van der Waals surface area contributed by atoms with Crippen molar-refractivity contribution < 1.29 is 0 Å². The maximum Gasteiger partial charge on any atom is 0.0672 e. The first-order valence-corrected chi connectivity index (χ1v) is 5.24. The molecular weight excluding hydrogens is 192 g/mol. The lowest BCUT2D eigenvalue weighted by atomic mass is 10.1. The van der Waals surface area contributed by atoms with E-state index in [-0.39, 0.29) is 6.04 Å².